The molecule has 0 spiro atoms. The number of rotatable bonds is 4. The number of nitrogens with zero attached hydrogens (tertiary/aromatic N) is 4. The van der Waals surface area contributed by atoms with Gasteiger partial charge in [0.1, 0.15) is 11.6 Å². The van der Waals surface area contributed by atoms with E-state index in [2.05, 4.69) is 20.2 Å². The highest BCUT2D eigenvalue weighted by molar-refractivity contribution is 7.98. The van der Waals surface area contributed by atoms with Crippen LogP contribution in [0.25, 0.3) is 5.65 Å². The zero-order valence-corrected chi connectivity index (χ0v) is 11.9. The number of thioether (sulfide) groups is 1. The molecule has 0 aliphatic heterocycles. The Balaban J connectivity index is 1.82. The Morgan fingerprint density at radius 1 is 1.40 bits per heavy atom. The van der Waals surface area contributed by atoms with Gasteiger partial charge in [-0.3, -0.25) is 9.89 Å². The zero-order chi connectivity index (χ0) is 14.1. The molecule has 0 radical (unpaired) electrons. The molecular weight excluding hydrogens is 278 g/mol. The zero-order valence-electron chi connectivity index (χ0n) is 11.1. The second-order valence-corrected chi connectivity index (χ2v) is 5.23. The van der Waals surface area contributed by atoms with Crippen molar-refractivity contribution < 1.29 is 4.52 Å². The maximum Gasteiger partial charge on any atom is 0.287 e. The fourth-order valence-electron chi connectivity index (χ4n) is 1.79. The Morgan fingerprint density at radius 2 is 2.25 bits per heavy atom. The molecule has 3 rings (SSSR count). The van der Waals surface area contributed by atoms with Crippen LogP contribution in [0, 0.1) is 6.92 Å². The monoisotopic (exact) mass is 291 g/mol. The Bertz CT molecular complexity index is 804. The summed E-state index contributed by atoms with van der Waals surface area (Å²) in [6.07, 6.45) is 0.813. The molecule has 3 aromatic heterocycles. The van der Waals surface area contributed by atoms with Gasteiger partial charge in [0.2, 0.25) is 5.16 Å². The third kappa shape index (κ3) is 2.46. The fourth-order valence-corrected chi connectivity index (χ4v) is 2.50. The second kappa shape index (κ2) is 5.12. The molecule has 0 aliphatic carbocycles. The predicted molar refractivity (Wildman–Crippen MR) is 73.8 cm³/mol. The average molecular weight is 291 g/mol. The number of aromatic amines is 1. The number of hydrogen-bond donors (Lipinski definition) is 1. The fraction of sp³-hybridized carbons (Fsp3) is 0.333. The van der Waals surface area contributed by atoms with Crippen LogP contribution in [-0.4, -0.2) is 24.7 Å². The number of fused-ring (bicyclic) bond motifs is 1. The molecule has 0 atom stereocenters. The standard InChI is InChI=1S/C12H13N5O2S/c1-3-9-14-12(16-15-9)20-6-8-5-11(18)17-10(13-8)4-7(2)19-17/h4-5H,3,6H2,1-2H3,(H,14,15,16). The summed E-state index contributed by atoms with van der Waals surface area (Å²) in [5.41, 5.74) is 0.987. The topological polar surface area (TPSA) is 89.1 Å². The lowest BCUT2D eigenvalue weighted by Crippen LogP contribution is -2.12. The van der Waals surface area contributed by atoms with E-state index < -0.39 is 0 Å². The van der Waals surface area contributed by atoms with Crippen molar-refractivity contribution >= 4 is 17.4 Å². The number of hydrogen-bond acceptors (Lipinski definition) is 6. The van der Waals surface area contributed by atoms with Gasteiger partial charge in [0.15, 0.2) is 5.65 Å². The van der Waals surface area contributed by atoms with Gasteiger partial charge >= 0.3 is 0 Å². The third-order valence-electron chi connectivity index (χ3n) is 2.72. The summed E-state index contributed by atoms with van der Waals surface area (Å²) in [7, 11) is 0. The van der Waals surface area contributed by atoms with Gasteiger partial charge in [-0.05, 0) is 6.92 Å². The minimum absolute atomic E-state index is 0.220. The van der Waals surface area contributed by atoms with Gasteiger partial charge in [-0.1, -0.05) is 18.7 Å². The molecule has 0 amide bonds. The van der Waals surface area contributed by atoms with Crippen LogP contribution in [0.5, 0.6) is 0 Å². The maximum atomic E-state index is 11.9. The van der Waals surface area contributed by atoms with E-state index in [0.29, 0.717) is 28.0 Å². The molecule has 104 valence electrons. The molecule has 0 aromatic carbocycles. The largest absolute Gasteiger partial charge is 0.375 e. The van der Waals surface area contributed by atoms with Crippen molar-refractivity contribution in [2.45, 2.75) is 31.2 Å². The van der Waals surface area contributed by atoms with Gasteiger partial charge in [0.25, 0.3) is 5.56 Å². The lowest BCUT2D eigenvalue weighted by atomic mass is 10.4. The molecule has 0 fully saturated rings. The Kier molecular flexibility index (Phi) is 3.31. The molecule has 0 unspecified atom stereocenters. The minimum atomic E-state index is -0.220. The smallest absolute Gasteiger partial charge is 0.287 e. The van der Waals surface area contributed by atoms with Gasteiger partial charge in [-0.2, -0.15) is 0 Å². The quantitative estimate of drug-likeness (QED) is 0.734. The van der Waals surface area contributed by atoms with Gasteiger partial charge in [-0.15, -0.1) is 9.67 Å². The van der Waals surface area contributed by atoms with Gasteiger partial charge in [0, 0.05) is 24.3 Å². The number of H-pyrrole nitrogens is 1. The molecule has 0 aliphatic rings. The van der Waals surface area contributed by atoms with Gasteiger partial charge in [-0.25, -0.2) is 9.97 Å². The molecule has 7 nitrogen and oxygen atoms in total. The SMILES string of the molecule is CCc1nc(SCc2cc(=O)n3oc(C)cc3n2)n[nH]1. The van der Waals surface area contributed by atoms with E-state index in [4.69, 9.17) is 4.52 Å². The highest BCUT2D eigenvalue weighted by Crippen LogP contribution is 2.18. The lowest BCUT2D eigenvalue weighted by Gasteiger charge is -1.97. The molecule has 3 heterocycles. The van der Waals surface area contributed by atoms with Crippen molar-refractivity contribution in [1.29, 1.82) is 0 Å². The highest BCUT2D eigenvalue weighted by Gasteiger charge is 2.08. The van der Waals surface area contributed by atoms with Crippen LogP contribution in [0.15, 0.2) is 26.6 Å². The average Bonchev–Trinajstić information content (AvgIpc) is 3.02. The summed E-state index contributed by atoms with van der Waals surface area (Å²) >= 11 is 1.44. The van der Waals surface area contributed by atoms with E-state index in [-0.39, 0.29) is 5.56 Å². The van der Waals surface area contributed by atoms with Crippen molar-refractivity contribution in [3.63, 3.8) is 0 Å². The van der Waals surface area contributed by atoms with E-state index in [1.807, 2.05) is 6.92 Å². The summed E-state index contributed by atoms with van der Waals surface area (Å²) in [6.45, 7) is 3.79. The van der Waals surface area contributed by atoms with Crippen LogP contribution >= 0.6 is 11.8 Å². The third-order valence-corrected chi connectivity index (χ3v) is 3.60. The van der Waals surface area contributed by atoms with Crippen molar-refractivity contribution in [3.05, 3.63) is 39.8 Å². The summed E-state index contributed by atoms with van der Waals surface area (Å²) in [5, 5.41) is 7.60. The molecule has 1 N–H and O–H groups in total. The minimum Gasteiger partial charge on any atom is -0.375 e. The first-order valence-electron chi connectivity index (χ1n) is 6.19. The van der Waals surface area contributed by atoms with Gasteiger partial charge in [0.05, 0.1) is 5.69 Å². The van der Waals surface area contributed by atoms with E-state index in [1.165, 1.54) is 22.4 Å². The Morgan fingerprint density at radius 3 is 3.00 bits per heavy atom. The van der Waals surface area contributed by atoms with Crippen LogP contribution in [0.1, 0.15) is 24.2 Å². The van der Waals surface area contributed by atoms with Crippen LogP contribution in [-0.2, 0) is 12.2 Å². The molecule has 0 saturated carbocycles. The Labute approximate surface area is 118 Å². The normalized spacial score (nSPS) is 11.3. The molecule has 8 heteroatoms. The maximum absolute atomic E-state index is 11.9. The van der Waals surface area contributed by atoms with Crippen LogP contribution in [0.2, 0.25) is 0 Å². The predicted octanol–water partition coefficient (Wildman–Crippen LogP) is 1.57. The summed E-state index contributed by atoms with van der Waals surface area (Å²) in [4.78, 5) is 20.5. The summed E-state index contributed by atoms with van der Waals surface area (Å²) in [6, 6.07) is 3.20. The van der Waals surface area contributed by atoms with Crippen LogP contribution in [0.4, 0.5) is 0 Å². The highest BCUT2D eigenvalue weighted by atomic mass is 32.2. The first kappa shape index (κ1) is 12.9. The van der Waals surface area contributed by atoms with Gasteiger partial charge < -0.3 is 4.52 Å². The molecular formula is C12H13N5O2S. The van der Waals surface area contributed by atoms with Crippen LogP contribution in [0.3, 0.4) is 0 Å². The summed E-state index contributed by atoms with van der Waals surface area (Å²) in [5.74, 6) is 2.04. The van der Waals surface area contributed by atoms with Crippen molar-refractivity contribution in [2.75, 3.05) is 0 Å². The Hall–Kier alpha value is -2.09. The van der Waals surface area contributed by atoms with E-state index in [1.54, 1.807) is 13.0 Å². The van der Waals surface area contributed by atoms with Crippen molar-refractivity contribution in [2.24, 2.45) is 0 Å². The van der Waals surface area contributed by atoms with Crippen LogP contribution < -0.4 is 5.56 Å². The molecule has 3 aromatic rings. The van der Waals surface area contributed by atoms with Crippen molar-refractivity contribution in [3.8, 4) is 0 Å². The van der Waals surface area contributed by atoms with Crippen molar-refractivity contribution in [1.82, 2.24) is 24.7 Å². The lowest BCUT2D eigenvalue weighted by molar-refractivity contribution is 0.344. The summed E-state index contributed by atoms with van der Waals surface area (Å²) < 4.78 is 6.43. The molecule has 0 bridgehead atoms. The number of nitrogens with one attached hydrogen (secondary N) is 1. The number of aromatic nitrogens is 5. The molecule has 0 saturated heterocycles. The van der Waals surface area contributed by atoms with E-state index in [0.717, 1.165) is 12.2 Å². The first-order valence-corrected chi connectivity index (χ1v) is 7.18. The second-order valence-electron chi connectivity index (χ2n) is 4.29. The number of aryl methyl sites for hydroxylation is 2. The van der Waals surface area contributed by atoms with E-state index >= 15 is 0 Å². The molecule has 20 heavy (non-hydrogen) atoms. The first-order chi connectivity index (χ1) is 9.65. The van der Waals surface area contributed by atoms with E-state index in [9.17, 15) is 4.79 Å².